The molecule has 0 saturated carbocycles. The molecule has 204 valence electrons. The maximum absolute atomic E-state index is 13.9. The normalized spacial score (nSPS) is 13.2. The molecule has 0 fully saturated rings. The van der Waals surface area contributed by atoms with Gasteiger partial charge in [0.1, 0.15) is 12.6 Å². The maximum atomic E-state index is 13.9. The number of amides is 2. The molecule has 37 heavy (non-hydrogen) atoms. The van der Waals surface area contributed by atoms with Crippen LogP contribution >= 0.6 is 0 Å². The summed E-state index contributed by atoms with van der Waals surface area (Å²) in [5.41, 5.74) is 4.00. The average molecular weight is 531 g/mol. The number of nitrogens with zero attached hydrogens (tertiary/aromatic N) is 3. The van der Waals surface area contributed by atoms with Crippen LogP contribution in [0.2, 0.25) is 0 Å². The third kappa shape index (κ3) is 7.79. The lowest BCUT2D eigenvalue weighted by atomic mass is 10.1. The van der Waals surface area contributed by atoms with Crippen molar-refractivity contribution in [1.29, 1.82) is 0 Å². The third-order valence-corrected chi connectivity index (χ3v) is 8.32. The molecule has 8 nitrogen and oxygen atoms in total. The fourth-order valence-corrected chi connectivity index (χ4v) is 5.05. The van der Waals surface area contributed by atoms with E-state index in [4.69, 9.17) is 0 Å². The molecule has 2 atom stereocenters. The molecule has 2 rings (SSSR count). The Kier molecular flexibility index (Phi) is 10.7. The van der Waals surface area contributed by atoms with Gasteiger partial charge in [-0.3, -0.25) is 9.59 Å². The largest absolute Gasteiger partial charge is 0.352 e. The Bertz CT molecular complexity index is 1180. The number of carbonyl (C=O) groups excluding carboxylic acids is 2. The van der Waals surface area contributed by atoms with E-state index >= 15 is 0 Å². The van der Waals surface area contributed by atoms with E-state index in [0.29, 0.717) is 12.1 Å². The Balaban J connectivity index is 2.55. The minimum absolute atomic E-state index is 0.0431. The van der Waals surface area contributed by atoms with Gasteiger partial charge in [0, 0.05) is 26.7 Å². The van der Waals surface area contributed by atoms with E-state index in [9.17, 15) is 18.0 Å². The van der Waals surface area contributed by atoms with Crippen LogP contribution in [0.1, 0.15) is 55.9 Å². The van der Waals surface area contributed by atoms with E-state index in [0.717, 1.165) is 37.3 Å². The van der Waals surface area contributed by atoms with E-state index in [1.54, 1.807) is 6.07 Å². The van der Waals surface area contributed by atoms with Gasteiger partial charge < -0.3 is 10.2 Å². The number of anilines is 1. The minimum atomic E-state index is -4.00. The van der Waals surface area contributed by atoms with Crippen molar-refractivity contribution in [1.82, 2.24) is 14.5 Å². The van der Waals surface area contributed by atoms with Crippen molar-refractivity contribution in [3.63, 3.8) is 0 Å². The molecule has 0 spiro atoms. The molecule has 1 N–H and O–H groups in total. The van der Waals surface area contributed by atoms with Crippen molar-refractivity contribution in [2.75, 3.05) is 24.9 Å². The zero-order valence-corrected chi connectivity index (χ0v) is 24.2. The second kappa shape index (κ2) is 13.1. The molecule has 0 bridgehead atoms. The highest BCUT2D eigenvalue weighted by Crippen LogP contribution is 2.26. The second-order valence-electron chi connectivity index (χ2n) is 9.84. The molecule has 0 aliphatic heterocycles. The molecular weight excluding hydrogens is 488 g/mol. The Morgan fingerprint density at radius 2 is 1.51 bits per heavy atom. The second-order valence-corrected chi connectivity index (χ2v) is 11.9. The van der Waals surface area contributed by atoms with Crippen molar-refractivity contribution in [2.45, 2.75) is 73.0 Å². The van der Waals surface area contributed by atoms with Crippen LogP contribution in [0.15, 0.2) is 42.5 Å². The molecule has 0 aliphatic rings. The predicted octanol–water partition coefficient (Wildman–Crippen LogP) is 3.95. The predicted molar refractivity (Wildman–Crippen MR) is 150 cm³/mol. The summed E-state index contributed by atoms with van der Waals surface area (Å²) >= 11 is 0. The summed E-state index contributed by atoms with van der Waals surface area (Å²) in [4.78, 5) is 28.7. The monoisotopic (exact) mass is 530 g/mol. The van der Waals surface area contributed by atoms with E-state index in [1.807, 2.05) is 77.9 Å². The van der Waals surface area contributed by atoms with E-state index < -0.39 is 28.7 Å². The van der Waals surface area contributed by atoms with Crippen LogP contribution in [0.4, 0.5) is 5.69 Å². The first-order chi connectivity index (χ1) is 17.3. The maximum Gasteiger partial charge on any atom is 0.304 e. The molecular formula is C28H42N4O4S. The van der Waals surface area contributed by atoms with Crippen molar-refractivity contribution in [3.8, 4) is 0 Å². The van der Waals surface area contributed by atoms with Crippen molar-refractivity contribution < 1.29 is 18.0 Å². The van der Waals surface area contributed by atoms with Gasteiger partial charge in [-0.05, 0) is 63.3 Å². The van der Waals surface area contributed by atoms with E-state index in [2.05, 4.69) is 5.32 Å². The number of hydrogen-bond donors (Lipinski definition) is 1. The quantitative estimate of drug-likeness (QED) is 0.450. The van der Waals surface area contributed by atoms with Crippen LogP contribution < -0.4 is 9.62 Å². The number of nitrogens with one attached hydrogen (secondary N) is 1. The fourth-order valence-electron chi connectivity index (χ4n) is 3.94. The average Bonchev–Trinajstić information content (AvgIpc) is 2.84. The van der Waals surface area contributed by atoms with Crippen LogP contribution in [0.3, 0.4) is 0 Å². The lowest BCUT2D eigenvalue weighted by Gasteiger charge is -2.34. The van der Waals surface area contributed by atoms with Gasteiger partial charge in [-0.2, -0.15) is 12.7 Å². The Morgan fingerprint density at radius 1 is 0.919 bits per heavy atom. The topological polar surface area (TPSA) is 90.0 Å². The lowest BCUT2D eigenvalue weighted by Crippen LogP contribution is -2.54. The molecule has 2 aromatic carbocycles. The van der Waals surface area contributed by atoms with Gasteiger partial charge in [-0.15, -0.1) is 0 Å². The fraction of sp³-hybridized carbons (Fsp3) is 0.500. The van der Waals surface area contributed by atoms with Crippen molar-refractivity contribution >= 4 is 27.7 Å². The smallest absolute Gasteiger partial charge is 0.304 e. The molecule has 0 radical (unpaired) electrons. The summed E-state index contributed by atoms with van der Waals surface area (Å²) in [6.45, 7) is 11.2. The van der Waals surface area contributed by atoms with Gasteiger partial charge in [0.25, 0.3) is 0 Å². The molecule has 9 heteroatoms. The first kappa shape index (κ1) is 30.3. The van der Waals surface area contributed by atoms with Gasteiger partial charge in [0.15, 0.2) is 0 Å². The molecule has 0 aromatic heterocycles. The van der Waals surface area contributed by atoms with Gasteiger partial charge in [-0.25, -0.2) is 4.31 Å². The van der Waals surface area contributed by atoms with Gasteiger partial charge in [0.2, 0.25) is 11.8 Å². The molecule has 2 aromatic rings. The highest BCUT2D eigenvalue weighted by Gasteiger charge is 2.34. The first-order valence-electron chi connectivity index (χ1n) is 12.7. The lowest BCUT2D eigenvalue weighted by molar-refractivity contribution is -0.140. The third-order valence-electron chi connectivity index (χ3n) is 6.51. The first-order valence-corrected chi connectivity index (χ1v) is 14.1. The number of benzene rings is 2. The summed E-state index contributed by atoms with van der Waals surface area (Å²) in [6.07, 6.45) is 1.15. The van der Waals surface area contributed by atoms with Crippen molar-refractivity contribution in [3.05, 3.63) is 64.7 Å². The summed E-state index contributed by atoms with van der Waals surface area (Å²) in [7, 11) is -1.11. The summed E-state index contributed by atoms with van der Waals surface area (Å²) in [5.74, 6) is -0.691. The number of hydrogen-bond acceptors (Lipinski definition) is 4. The Hall–Kier alpha value is -2.91. The summed E-state index contributed by atoms with van der Waals surface area (Å²) < 4.78 is 29.1. The zero-order chi connectivity index (χ0) is 27.9. The van der Waals surface area contributed by atoms with Crippen LogP contribution in [0.25, 0.3) is 0 Å². The van der Waals surface area contributed by atoms with Gasteiger partial charge in [0.05, 0.1) is 5.69 Å². The number of aryl methyl sites for hydroxylation is 3. The summed E-state index contributed by atoms with van der Waals surface area (Å²) in [5, 5.41) is 2.99. The Labute approximate surface area is 222 Å². The number of rotatable bonds is 12. The highest BCUT2D eigenvalue weighted by molar-refractivity contribution is 7.90. The molecule has 0 saturated heterocycles. The standard InChI is InChI=1S/C28H42N4O4S/c1-9-23(6)29-28(34)25(10-2)31(18-24-15-12-20(3)13-16-24)27(33)19-32(37(35,36)30(7)8)26-17-21(4)11-14-22(26)5/h11-17,23,25H,9-10,18-19H2,1-8H3,(H,29,34)/t23-,25-/m0/s1. The van der Waals surface area contributed by atoms with Gasteiger partial charge in [-0.1, -0.05) is 55.8 Å². The zero-order valence-electron chi connectivity index (χ0n) is 23.4. The van der Waals surface area contributed by atoms with Crippen LogP contribution in [-0.2, 0) is 26.3 Å². The number of carbonyl (C=O) groups is 2. The molecule has 2 amide bonds. The van der Waals surface area contributed by atoms with Crippen LogP contribution in [-0.4, -0.2) is 62.2 Å². The SMILES string of the molecule is CC[C@H](C)NC(=O)[C@H](CC)N(Cc1ccc(C)cc1)C(=O)CN(c1cc(C)ccc1C)S(=O)(=O)N(C)C. The summed E-state index contributed by atoms with van der Waals surface area (Å²) in [6, 6.07) is 12.5. The molecule has 0 heterocycles. The highest BCUT2D eigenvalue weighted by atomic mass is 32.2. The van der Waals surface area contributed by atoms with Gasteiger partial charge >= 0.3 is 10.2 Å². The molecule has 0 aliphatic carbocycles. The van der Waals surface area contributed by atoms with E-state index in [-0.39, 0.29) is 18.5 Å². The molecule has 0 unspecified atom stereocenters. The van der Waals surface area contributed by atoms with Crippen LogP contribution in [0.5, 0.6) is 0 Å². The minimum Gasteiger partial charge on any atom is -0.352 e. The Morgan fingerprint density at radius 3 is 2.05 bits per heavy atom. The van der Waals surface area contributed by atoms with E-state index in [1.165, 1.54) is 19.0 Å². The van der Waals surface area contributed by atoms with Crippen molar-refractivity contribution in [2.24, 2.45) is 0 Å². The van der Waals surface area contributed by atoms with Crippen LogP contribution in [0, 0.1) is 20.8 Å².